The van der Waals surface area contributed by atoms with Crippen molar-refractivity contribution in [1.29, 1.82) is 0 Å². The maximum Gasteiger partial charge on any atom is 0.237 e. The highest BCUT2D eigenvalue weighted by molar-refractivity contribution is 6.30. The molecule has 22 heavy (non-hydrogen) atoms. The van der Waals surface area contributed by atoms with Gasteiger partial charge in [-0.05, 0) is 25.8 Å². The molecule has 5 nitrogen and oxygen atoms in total. The molecule has 0 aromatic carbocycles. The Hall–Kier alpha value is -1.17. The SMILES string of the molecule is C[C@H](C(=O)NC1CC1)N1CCN(Cc2cccnc2Cl)CC1. The molecule has 2 aliphatic rings. The molecule has 1 saturated heterocycles. The van der Waals surface area contributed by atoms with Gasteiger partial charge >= 0.3 is 0 Å². The number of nitrogens with zero attached hydrogens (tertiary/aromatic N) is 3. The van der Waals surface area contributed by atoms with Gasteiger partial charge < -0.3 is 5.32 Å². The Morgan fingerprint density at radius 2 is 2.14 bits per heavy atom. The summed E-state index contributed by atoms with van der Waals surface area (Å²) >= 11 is 6.12. The largest absolute Gasteiger partial charge is 0.352 e. The van der Waals surface area contributed by atoms with E-state index in [9.17, 15) is 4.79 Å². The highest BCUT2D eigenvalue weighted by Gasteiger charge is 2.30. The molecule has 3 rings (SSSR count). The summed E-state index contributed by atoms with van der Waals surface area (Å²) in [4.78, 5) is 20.9. The number of piperazine rings is 1. The number of pyridine rings is 1. The van der Waals surface area contributed by atoms with Gasteiger partial charge in [0.25, 0.3) is 0 Å². The molecule has 1 saturated carbocycles. The molecule has 0 unspecified atom stereocenters. The first-order valence-electron chi connectivity index (χ1n) is 7.99. The molecule has 6 heteroatoms. The van der Waals surface area contributed by atoms with Gasteiger partial charge in [-0.1, -0.05) is 17.7 Å². The highest BCUT2D eigenvalue weighted by Crippen LogP contribution is 2.20. The van der Waals surface area contributed by atoms with Crippen LogP contribution in [0, 0.1) is 0 Å². The molecule has 1 aromatic rings. The number of carbonyl (C=O) groups is 1. The van der Waals surface area contributed by atoms with Gasteiger partial charge in [0, 0.05) is 50.5 Å². The van der Waals surface area contributed by atoms with Gasteiger partial charge in [-0.3, -0.25) is 14.6 Å². The topological polar surface area (TPSA) is 48.5 Å². The zero-order chi connectivity index (χ0) is 15.5. The van der Waals surface area contributed by atoms with Crippen LogP contribution in [0.2, 0.25) is 5.15 Å². The number of nitrogens with one attached hydrogen (secondary N) is 1. The first-order valence-corrected chi connectivity index (χ1v) is 8.37. The Kier molecular flexibility index (Phi) is 4.96. The van der Waals surface area contributed by atoms with E-state index in [2.05, 4.69) is 20.1 Å². The van der Waals surface area contributed by atoms with E-state index in [1.165, 1.54) is 0 Å². The molecular formula is C16H23ClN4O. The lowest BCUT2D eigenvalue weighted by molar-refractivity contribution is -0.126. The summed E-state index contributed by atoms with van der Waals surface area (Å²) in [5, 5.41) is 3.67. The number of halogens is 1. The molecule has 2 fully saturated rings. The first-order chi connectivity index (χ1) is 10.6. The van der Waals surface area contributed by atoms with Crippen LogP contribution in [0.1, 0.15) is 25.3 Å². The maximum absolute atomic E-state index is 12.1. The molecule has 1 aliphatic heterocycles. The smallest absolute Gasteiger partial charge is 0.237 e. The minimum absolute atomic E-state index is 0.0373. The van der Waals surface area contributed by atoms with Crippen molar-refractivity contribution in [2.75, 3.05) is 26.2 Å². The van der Waals surface area contributed by atoms with Crippen LogP contribution in [0.25, 0.3) is 0 Å². The zero-order valence-corrected chi connectivity index (χ0v) is 13.7. The third kappa shape index (κ3) is 3.97. The lowest BCUT2D eigenvalue weighted by Gasteiger charge is -2.37. The van der Waals surface area contributed by atoms with E-state index in [1.807, 2.05) is 19.1 Å². The minimum Gasteiger partial charge on any atom is -0.352 e. The molecule has 1 aliphatic carbocycles. The summed E-state index contributed by atoms with van der Waals surface area (Å²) in [5.74, 6) is 0.172. The predicted molar refractivity (Wildman–Crippen MR) is 86.7 cm³/mol. The Balaban J connectivity index is 1.47. The number of rotatable bonds is 5. The molecule has 1 aromatic heterocycles. The molecule has 0 radical (unpaired) electrons. The fourth-order valence-electron chi connectivity index (χ4n) is 2.80. The van der Waals surface area contributed by atoms with E-state index < -0.39 is 0 Å². The molecular weight excluding hydrogens is 300 g/mol. The quantitative estimate of drug-likeness (QED) is 0.835. The van der Waals surface area contributed by atoms with Crippen LogP contribution in [-0.2, 0) is 11.3 Å². The van der Waals surface area contributed by atoms with Crippen molar-refractivity contribution in [1.82, 2.24) is 20.1 Å². The molecule has 0 spiro atoms. The Bertz CT molecular complexity index is 527. The van der Waals surface area contributed by atoms with Crippen molar-refractivity contribution in [2.45, 2.75) is 38.4 Å². The standard InChI is InChI=1S/C16H23ClN4O/c1-12(16(22)19-14-4-5-14)21-9-7-20(8-10-21)11-13-3-2-6-18-15(13)17/h2-3,6,12,14H,4-5,7-11H2,1H3,(H,19,22)/t12-/m1/s1. The summed E-state index contributed by atoms with van der Waals surface area (Å²) in [5.41, 5.74) is 1.07. The van der Waals surface area contributed by atoms with Crippen LogP contribution >= 0.6 is 11.6 Å². The van der Waals surface area contributed by atoms with Gasteiger partial charge in [0.2, 0.25) is 5.91 Å². The second-order valence-corrected chi connectivity index (χ2v) is 6.58. The van der Waals surface area contributed by atoms with Crippen molar-refractivity contribution >= 4 is 17.5 Å². The Morgan fingerprint density at radius 1 is 1.41 bits per heavy atom. The number of amides is 1. The van der Waals surface area contributed by atoms with Gasteiger partial charge in [-0.25, -0.2) is 4.98 Å². The third-order valence-electron chi connectivity index (χ3n) is 4.49. The van der Waals surface area contributed by atoms with E-state index in [1.54, 1.807) is 6.20 Å². The van der Waals surface area contributed by atoms with Crippen LogP contribution in [-0.4, -0.2) is 59.0 Å². The maximum atomic E-state index is 12.1. The van der Waals surface area contributed by atoms with Crippen molar-refractivity contribution in [3.8, 4) is 0 Å². The summed E-state index contributed by atoms with van der Waals surface area (Å²) in [7, 11) is 0. The lowest BCUT2D eigenvalue weighted by Crippen LogP contribution is -2.53. The van der Waals surface area contributed by atoms with Crippen molar-refractivity contribution < 1.29 is 4.79 Å². The average molecular weight is 323 g/mol. The fourth-order valence-corrected chi connectivity index (χ4v) is 2.98. The van der Waals surface area contributed by atoms with E-state index in [0.29, 0.717) is 11.2 Å². The summed E-state index contributed by atoms with van der Waals surface area (Å²) in [6, 6.07) is 4.34. The second kappa shape index (κ2) is 6.94. The first kappa shape index (κ1) is 15.7. The number of aromatic nitrogens is 1. The predicted octanol–water partition coefficient (Wildman–Crippen LogP) is 1.52. The van der Waals surface area contributed by atoms with Crippen LogP contribution in [0.5, 0.6) is 0 Å². The van der Waals surface area contributed by atoms with Crippen LogP contribution in [0.4, 0.5) is 0 Å². The van der Waals surface area contributed by atoms with Gasteiger partial charge in [0.05, 0.1) is 6.04 Å². The summed E-state index contributed by atoms with van der Waals surface area (Å²) < 4.78 is 0. The van der Waals surface area contributed by atoms with Crippen molar-refractivity contribution in [2.24, 2.45) is 0 Å². The van der Waals surface area contributed by atoms with Gasteiger partial charge in [-0.15, -0.1) is 0 Å². The molecule has 1 amide bonds. The number of hydrogen-bond donors (Lipinski definition) is 1. The number of hydrogen-bond acceptors (Lipinski definition) is 4. The van der Waals surface area contributed by atoms with Crippen LogP contribution in [0.3, 0.4) is 0 Å². The molecule has 1 atom stereocenters. The van der Waals surface area contributed by atoms with Gasteiger partial charge in [0.1, 0.15) is 5.15 Å². The third-order valence-corrected chi connectivity index (χ3v) is 4.83. The Labute approximate surface area is 136 Å². The summed E-state index contributed by atoms with van der Waals surface area (Å²) in [6.07, 6.45) is 3.99. The monoisotopic (exact) mass is 322 g/mol. The molecule has 2 heterocycles. The van der Waals surface area contributed by atoms with E-state index in [0.717, 1.165) is 51.1 Å². The van der Waals surface area contributed by atoms with Crippen molar-refractivity contribution in [3.05, 3.63) is 29.0 Å². The normalized spacial score (nSPS) is 21.5. The molecule has 120 valence electrons. The zero-order valence-electron chi connectivity index (χ0n) is 13.0. The van der Waals surface area contributed by atoms with Crippen LogP contribution in [0.15, 0.2) is 18.3 Å². The average Bonchev–Trinajstić information content (AvgIpc) is 3.33. The summed E-state index contributed by atoms with van der Waals surface area (Å²) in [6.45, 7) is 6.56. The van der Waals surface area contributed by atoms with E-state index >= 15 is 0 Å². The van der Waals surface area contributed by atoms with Gasteiger partial charge in [0.15, 0.2) is 0 Å². The second-order valence-electron chi connectivity index (χ2n) is 6.22. The highest BCUT2D eigenvalue weighted by atomic mass is 35.5. The minimum atomic E-state index is -0.0373. The molecule has 0 bridgehead atoms. The van der Waals surface area contributed by atoms with Gasteiger partial charge in [-0.2, -0.15) is 0 Å². The van der Waals surface area contributed by atoms with Crippen LogP contribution < -0.4 is 5.32 Å². The fraction of sp³-hybridized carbons (Fsp3) is 0.625. The van der Waals surface area contributed by atoms with E-state index in [4.69, 9.17) is 11.6 Å². The molecule has 1 N–H and O–H groups in total. The van der Waals surface area contributed by atoms with Crippen molar-refractivity contribution in [3.63, 3.8) is 0 Å². The lowest BCUT2D eigenvalue weighted by atomic mass is 10.2. The number of carbonyl (C=O) groups excluding carboxylic acids is 1. The Morgan fingerprint density at radius 3 is 2.77 bits per heavy atom. The van der Waals surface area contributed by atoms with E-state index in [-0.39, 0.29) is 11.9 Å².